The smallest absolute Gasteiger partial charge is 0.237 e. The second-order valence-corrected chi connectivity index (χ2v) is 6.31. The molecule has 2 aromatic heterocycles. The largest absolute Gasteiger partial charge is 0.461 e. The fourth-order valence-corrected chi connectivity index (χ4v) is 2.76. The first-order valence-electron chi connectivity index (χ1n) is 7.13. The van der Waals surface area contributed by atoms with E-state index >= 15 is 0 Å². The van der Waals surface area contributed by atoms with Crippen molar-refractivity contribution >= 4 is 23.4 Å². The number of furan rings is 1. The quantitative estimate of drug-likeness (QED) is 0.533. The van der Waals surface area contributed by atoms with Gasteiger partial charge in [0.25, 0.3) is 0 Å². The number of hydrogen-bond acceptors (Lipinski definition) is 6. The first-order chi connectivity index (χ1) is 12.0. The summed E-state index contributed by atoms with van der Waals surface area (Å²) < 4.78 is 33.6. The van der Waals surface area contributed by atoms with E-state index < -0.39 is 28.5 Å². The Morgan fingerprint density at radius 1 is 1.28 bits per heavy atom. The lowest BCUT2D eigenvalue weighted by Crippen LogP contribution is -2.24. The summed E-state index contributed by atoms with van der Waals surface area (Å²) in [4.78, 5) is 12.2. The van der Waals surface area contributed by atoms with Crippen molar-refractivity contribution in [1.29, 1.82) is 0 Å². The molecule has 0 saturated heterocycles. The number of nitrogens with zero attached hydrogens (tertiary/aromatic N) is 3. The summed E-state index contributed by atoms with van der Waals surface area (Å²) in [6.07, 6.45) is 1.47. The van der Waals surface area contributed by atoms with Crippen LogP contribution in [0.2, 0.25) is 0 Å². The Balaban J connectivity index is 1.72. The first-order valence-corrected chi connectivity index (χ1v) is 8.01. The number of amides is 1. The SMILES string of the molecule is C[C@H](Sc1nnc(-c2ccco2)n1N)C(=O)Nc1c(F)cccc1F. The monoisotopic (exact) mass is 365 g/mol. The first kappa shape index (κ1) is 17.0. The number of aromatic nitrogens is 3. The van der Waals surface area contributed by atoms with Crippen LogP contribution in [-0.4, -0.2) is 26.0 Å². The fourth-order valence-electron chi connectivity index (χ4n) is 1.98. The van der Waals surface area contributed by atoms with Crippen molar-refractivity contribution in [3.63, 3.8) is 0 Å². The van der Waals surface area contributed by atoms with Crippen LogP contribution < -0.4 is 11.2 Å². The average molecular weight is 365 g/mol. The number of carbonyl (C=O) groups is 1. The molecule has 0 unspecified atom stereocenters. The molecule has 1 amide bonds. The number of anilines is 1. The van der Waals surface area contributed by atoms with Gasteiger partial charge in [0, 0.05) is 0 Å². The highest BCUT2D eigenvalue weighted by molar-refractivity contribution is 8.00. The molecule has 0 spiro atoms. The number of hydrogen-bond donors (Lipinski definition) is 2. The molecule has 0 fully saturated rings. The van der Waals surface area contributed by atoms with E-state index in [1.165, 1.54) is 17.0 Å². The van der Waals surface area contributed by atoms with Crippen LogP contribution in [0.25, 0.3) is 11.6 Å². The molecule has 3 rings (SSSR count). The van der Waals surface area contributed by atoms with Gasteiger partial charge in [-0.15, -0.1) is 10.2 Å². The van der Waals surface area contributed by atoms with E-state index in [9.17, 15) is 13.6 Å². The van der Waals surface area contributed by atoms with E-state index in [0.717, 1.165) is 23.9 Å². The Kier molecular flexibility index (Phi) is 4.70. The molecule has 1 atom stereocenters. The number of rotatable bonds is 5. The van der Waals surface area contributed by atoms with Crippen molar-refractivity contribution in [2.45, 2.75) is 17.3 Å². The molecule has 10 heteroatoms. The van der Waals surface area contributed by atoms with Crippen LogP contribution in [0, 0.1) is 11.6 Å². The highest BCUT2D eigenvalue weighted by Crippen LogP contribution is 2.26. The summed E-state index contributed by atoms with van der Waals surface area (Å²) in [5.74, 6) is 4.31. The minimum absolute atomic E-state index is 0.253. The van der Waals surface area contributed by atoms with Crippen molar-refractivity contribution in [3.05, 3.63) is 48.2 Å². The summed E-state index contributed by atoms with van der Waals surface area (Å²) in [5, 5.41) is 9.56. The summed E-state index contributed by atoms with van der Waals surface area (Å²) >= 11 is 0.993. The molecule has 25 heavy (non-hydrogen) atoms. The summed E-state index contributed by atoms with van der Waals surface area (Å²) in [6.45, 7) is 1.56. The average Bonchev–Trinajstić information content (AvgIpc) is 3.21. The van der Waals surface area contributed by atoms with E-state index in [4.69, 9.17) is 10.3 Å². The topological polar surface area (TPSA) is 99.0 Å². The highest BCUT2D eigenvalue weighted by Gasteiger charge is 2.22. The lowest BCUT2D eigenvalue weighted by molar-refractivity contribution is -0.115. The minimum atomic E-state index is -0.854. The minimum Gasteiger partial charge on any atom is -0.461 e. The third kappa shape index (κ3) is 3.48. The Bertz CT molecular complexity index is 877. The summed E-state index contributed by atoms with van der Waals surface area (Å²) in [7, 11) is 0. The van der Waals surface area contributed by atoms with Gasteiger partial charge in [-0.25, -0.2) is 13.5 Å². The molecule has 7 nitrogen and oxygen atoms in total. The van der Waals surface area contributed by atoms with Crippen molar-refractivity contribution < 1.29 is 18.0 Å². The number of nitrogens with two attached hydrogens (primary N) is 1. The molecule has 0 radical (unpaired) electrons. The Morgan fingerprint density at radius 3 is 2.64 bits per heavy atom. The van der Waals surface area contributed by atoms with Gasteiger partial charge in [0.1, 0.15) is 17.3 Å². The van der Waals surface area contributed by atoms with Crippen LogP contribution in [0.5, 0.6) is 0 Å². The van der Waals surface area contributed by atoms with Gasteiger partial charge in [0.2, 0.25) is 16.9 Å². The van der Waals surface area contributed by atoms with E-state index in [1.807, 2.05) is 0 Å². The Morgan fingerprint density at radius 2 is 2.00 bits per heavy atom. The number of thioether (sulfide) groups is 1. The lowest BCUT2D eigenvalue weighted by atomic mass is 10.3. The molecule has 0 aliphatic carbocycles. The molecule has 0 aliphatic heterocycles. The third-order valence-electron chi connectivity index (χ3n) is 3.27. The number of nitrogens with one attached hydrogen (secondary N) is 1. The predicted molar refractivity (Wildman–Crippen MR) is 88.2 cm³/mol. The van der Waals surface area contributed by atoms with Gasteiger partial charge in [-0.2, -0.15) is 0 Å². The molecular weight excluding hydrogens is 352 g/mol. The van der Waals surface area contributed by atoms with Crippen LogP contribution in [0.4, 0.5) is 14.5 Å². The molecule has 3 N–H and O–H groups in total. The molecule has 0 aliphatic rings. The van der Waals surface area contributed by atoms with Crippen LogP contribution >= 0.6 is 11.8 Å². The van der Waals surface area contributed by atoms with Crippen molar-refractivity contribution in [2.24, 2.45) is 0 Å². The Labute approximate surface area is 145 Å². The summed E-state index contributed by atoms with van der Waals surface area (Å²) in [6, 6.07) is 6.67. The van der Waals surface area contributed by atoms with Crippen molar-refractivity contribution in [2.75, 3.05) is 11.2 Å². The summed E-state index contributed by atoms with van der Waals surface area (Å²) in [5.41, 5.74) is -0.495. The van der Waals surface area contributed by atoms with Gasteiger partial charge in [-0.3, -0.25) is 4.79 Å². The van der Waals surface area contributed by atoms with Crippen LogP contribution in [0.3, 0.4) is 0 Å². The number of carbonyl (C=O) groups excluding carboxylic acids is 1. The van der Waals surface area contributed by atoms with Crippen molar-refractivity contribution in [3.8, 4) is 11.6 Å². The van der Waals surface area contributed by atoms with E-state index in [2.05, 4.69) is 15.5 Å². The zero-order chi connectivity index (χ0) is 18.0. The lowest BCUT2D eigenvalue weighted by Gasteiger charge is -2.12. The standard InChI is InChI=1S/C15H13F2N5O2S/c1-8(14(23)19-12-9(16)4-2-5-10(12)17)25-15-21-20-13(22(15)18)11-6-3-7-24-11/h2-8H,18H2,1H3,(H,19,23)/t8-/m0/s1. The zero-order valence-electron chi connectivity index (χ0n) is 12.9. The molecule has 130 valence electrons. The maximum absolute atomic E-state index is 13.6. The number of nitrogen functional groups attached to an aromatic ring is 1. The van der Waals surface area contributed by atoms with Crippen LogP contribution in [-0.2, 0) is 4.79 Å². The van der Waals surface area contributed by atoms with Gasteiger partial charge >= 0.3 is 0 Å². The second-order valence-electron chi connectivity index (χ2n) is 5.00. The van der Waals surface area contributed by atoms with E-state index in [1.54, 1.807) is 19.1 Å². The molecule has 1 aromatic carbocycles. The Hall–Kier alpha value is -2.88. The zero-order valence-corrected chi connectivity index (χ0v) is 13.8. The highest BCUT2D eigenvalue weighted by atomic mass is 32.2. The van der Waals surface area contributed by atoms with Crippen LogP contribution in [0.15, 0.2) is 46.2 Å². The van der Waals surface area contributed by atoms with Gasteiger partial charge in [-0.05, 0) is 31.2 Å². The molecule has 2 heterocycles. The molecular formula is C15H13F2N5O2S. The number of benzene rings is 1. The second kappa shape index (κ2) is 6.93. The predicted octanol–water partition coefficient (Wildman–Crippen LogP) is 2.65. The fraction of sp³-hybridized carbons (Fsp3) is 0.133. The van der Waals surface area contributed by atoms with E-state index in [0.29, 0.717) is 11.6 Å². The molecule has 0 bridgehead atoms. The van der Waals surface area contributed by atoms with Gasteiger partial charge in [0.15, 0.2) is 5.76 Å². The number of halogens is 2. The normalized spacial score (nSPS) is 12.1. The maximum Gasteiger partial charge on any atom is 0.237 e. The van der Waals surface area contributed by atoms with Crippen molar-refractivity contribution in [1.82, 2.24) is 14.9 Å². The van der Waals surface area contributed by atoms with Gasteiger partial charge in [0.05, 0.1) is 11.5 Å². The van der Waals surface area contributed by atoms with Gasteiger partial charge < -0.3 is 15.6 Å². The third-order valence-corrected chi connectivity index (χ3v) is 4.33. The maximum atomic E-state index is 13.6. The van der Waals surface area contributed by atoms with E-state index in [-0.39, 0.29) is 5.16 Å². The number of para-hydroxylation sites is 1. The van der Waals surface area contributed by atoms with Crippen LogP contribution in [0.1, 0.15) is 6.92 Å². The van der Waals surface area contributed by atoms with Gasteiger partial charge in [-0.1, -0.05) is 17.8 Å². The molecule has 0 saturated carbocycles. The molecule has 3 aromatic rings.